The lowest BCUT2D eigenvalue weighted by Gasteiger charge is -2.32. The van der Waals surface area contributed by atoms with Crippen LogP contribution in [0, 0.1) is 23.4 Å². The van der Waals surface area contributed by atoms with Crippen molar-refractivity contribution in [2.45, 2.75) is 38.1 Å². The van der Waals surface area contributed by atoms with E-state index in [2.05, 4.69) is 22.3 Å². The van der Waals surface area contributed by atoms with Gasteiger partial charge in [-0.25, -0.2) is 13.2 Å². The van der Waals surface area contributed by atoms with Crippen LogP contribution in [0.5, 0.6) is 0 Å². The van der Waals surface area contributed by atoms with Crippen LogP contribution in [0.15, 0.2) is 72.8 Å². The van der Waals surface area contributed by atoms with Crippen LogP contribution in [-0.4, -0.2) is 47.8 Å². The highest BCUT2D eigenvalue weighted by Crippen LogP contribution is 2.29. The van der Waals surface area contributed by atoms with Gasteiger partial charge < -0.3 is 10.2 Å². The van der Waals surface area contributed by atoms with Gasteiger partial charge in [-0.1, -0.05) is 42.5 Å². The largest absolute Gasteiger partial charge is 0.339 e. The van der Waals surface area contributed by atoms with Crippen molar-refractivity contribution >= 4 is 23.6 Å². The summed E-state index contributed by atoms with van der Waals surface area (Å²) in [6.07, 6.45) is 6.01. The normalized spacial score (nSPS) is 18.5. The Morgan fingerprint density at radius 1 is 0.878 bits per heavy atom. The number of amides is 2. The van der Waals surface area contributed by atoms with Crippen LogP contribution in [0.25, 0.3) is 6.08 Å². The maximum atomic E-state index is 13.4. The highest BCUT2D eigenvalue weighted by atomic mass is 19.2. The Bertz CT molecular complexity index is 1360. The van der Waals surface area contributed by atoms with Crippen molar-refractivity contribution in [1.82, 2.24) is 9.80 Å². The van der Waals surface area contributed by atoms with Gasteiger partial charge in [0, 0.05) is 37.9 Å². The lowest BCUT2D eigenvalue weighted by atomic mass is 9.89. The van der Waals surface area contributed by atoms with Gasteiger partial charge in [0.15, 0.2) is 17.5 Å². The minimum atomic E-state index is -1.53. The molecular formula is C33H34F3N3O2. The summed E-state index contributed by atoms with van der Waals surface area (Å²) in [6, 6.07) is 20.0. The second-order valence-corrected chi connectivity index (χ2v) is 10.9. The predicted octanol–water partition coefficient (Wildman–Crippen LogP) is 6.37. The first kappa shape index (κ1) is 28.6. The van der Waals surface area contributed by atoms with Gasteiger partial charge in [0.25, 0.3) is 0 Å². The van der Waals surface area contributed by atoms with Crippen LogP contribution >= 0.6 is 0 Å². The van der Waals surface area contributed by atoms with E-state index in [4.69, 9.17) is 0 Å². The van der Waals surface area contributed by atoms with E-state index in [0.717, 1.165) is 68.7 Å². The molecule has 1 unspecified atom stereocenters. The number of carbonyl (C=O) groups excluding carboxylic acids is 2. The van der Waals surface area contributed by atoms with Gasteiger partial charge in [-0.3, -0.25) is 14.5 Å². The monoisotopic (exact) mass is 561 g/mol. The molecule has 8 heteroatoms. The first-order chi connectivity index (χ1) is 19.9. The summed E-state index contributed by atoms with van der Waals surface area (Å²) in [5.41, 5.74) is 3.29. The van der Waals surface area contributed by atoms with E-state index >= 15 is 0 Å². The Balaban J connectivity index is 1.09. The molecule has 2 saturated heterocycles. The summed E-state index contributed by atoms with van der Waals surface area (Å²) >= 11 is 0. The van der Waals surface area contributed by atoms with E-state index in [0.29, 0.717) is 13.1 Å². The molecule has 41 heavy (non-hydrogen) atoms. The van der Waals surface area contributed by atoms with E-state index in [1.165, 1.54) is 17.7 Å². The molecule has 5 rings (SSSR count). The highest BCUT2D eigenvalue weighted by Gasteiger charge is 2.26. The quantitative estimate of drug-likeness (QED) is 0.269. The zero-order valence-electron chi connectivity index (χ0n) is 22.9. The fraction of sp³-hybridized carbons (Fsp3) is 0.333. The predicted molar refractivity (Wildman–Crippen MR) is 153 cm³/mol. The Morgan fingerprint density at radius 2 is 1.56 bits per heavy atom. The maximum Gasteiger partial charge on any atom is 0.246 e. The zero-order valence-corrected chi connectivity index (χ0v) is 22.9. The molecule has 0 aromatic heterocycles. The number of nitrogens with one attached hydrogen (secondary N) is 1. The van der Waals surface area contributed by atoms with E-state index in [-0.39, 0.29) is 29.2 Å². The van der Waals surface area contributed by atoms with Crippen LogP contribution in [0.2, 0.25) is 0 Å². The molecule has 0 bridgehead atoms. The van der Waals surface area contributed by atoms with Crippen molar-refractivity contribution in [1.29, 1.82) is 0 Å². The van der Waals surface area contributed by atoms with E-state index < -0.39 is 17.5 Å². The van der Waals surface area contributed by atoms with Gasteiger partial charge in [0.2, 0.25) is 11.8 Å². The molecule has 0 spiro atoms. The number of halogens is 3. The number of rotatable bonds is 7. The van der Waals surface area contributed by atoms with Gasteiger partial charge in [-0.05, 0) is 85.2 Å². The molecule has 2 aliphatic heterocycles. The van der Waals surface area contributed by atoms with Crippen molar-refractivity contribution in [3.8, 4) is 0 Å². The molecule has 2 aliphatic rings. The van der Waals surface area contributed by atoms with Crippen LogP contribution in [0.4, 0.5) is 18.9 Å². The summed E-state index contributed by atoms with van der Waals surface area (Å²) in [5, 5.41) is 3.09. The fourth-order valence-corrected chi connectivity index (χ4v) is 5.72. The fourth-order valence-electron chi connectivity index (χ4n) is 5.72. The minimum absolute atomic E-state index is 0.0378. The van der Waals surface area contributed by atoms with Crippen molar-refractivity contribution in [3.63, 3.8) is 0 Å². The zero-order chi connectivity index (χ0) is 28.8. The third-order valence-electron chi connectivity index (χ3n) is 8.01. The Labute approximate surface area is 238 Å². The molecule has 1 atom stereocenters. The number of nitrogens with zero attached hydrogens (tertiary/aromatic N) is 2. The molecule has 0 aliphatic carbocycles. The Hall–Kier alpha value is -3.91. The summed E-state index contributed by atoms with van der Waals surface area (Å²) in [5.74, 6) is -4.05. The number of carbonyl (C=O) groups is 2. The lowest BCUT2D eigenvalue weighted by molar-refractivity contribution is -0.127. The summed E-state index contributed by atoms with van der Waals surface area (Å²) < 4.78 is 40.0. The van der Waals surface area contributed by atoms with E-state index in [1.54, 1.807) is 4.90 Å². The van der Waals surface area contributed by atoms with Gasteiger partial charge in [0.1, 0.15) is 0 Å². The van der Waals surface area contributed by atoms with Crippen LogP contribution in [0.3, 0.4) is 0 Å². The molecule has 2 fully saturated rings. The van der Waals surface area contributed by atoms with Crippen molar-refractivity contribution in [2.75, 3.05) is 31.5 Å². The SMILES string of the molecule is O=C(Nc1ccc(C2CCN(C(=O)/C=C/c3cc(F)c(F)c(F)c3)CC2)cc1)C1CCCN(Cc2ccccc2)C1. The van der Waals surface area contributed by atoms with Crippen molar-refractivity contribution < 1.29 is 22.8 Å². The molecule has 2 amide bonds. The summed E-state index contributed by atoms with van der Waals surface area (Å²) in [7, 11) is 0. The standard InChI is InChI=1S/C33H34F3N3O2/c34-29-19-24(20-30(35)32(29)36)8-13-31(40)39-17-14-26(15-18-39)25-9-11-28(12-10-25)37-33(41)27-7-4-16-38(22-27)21-23-5-2-1-3-6-23/h1-3,5-6,8-13,19-20,26-27H,4,7,14-18,21-22H2,(H,37,41)/b13-8+. The molecule has 3 aromatic rings. The van der Waals surface area contributed by atoms with Crippen LogP contribution < -0.4 is 5.32 Å². The van der Waals surface area contributed by atoms with Gasteiger partial charge >= 0.3 is 0 Å². The Kier molecular flexibility index (Phi) is 9.19. The number of hydrogen-bond acceptors (Lipinski definition) is 3. The van der Waals surface area contributed by atoms with E-state index in [1.807, 2.05) is 42.5 Å². The number of benzene rings is 3. The second-order valence-electron chi connectivity index (χ2n) is 10.9. The molecule has 1 N–H and O–H groups in total. The molecule has 214 valence electrons. The third-order valence-corrected chi connectivity index (χ3v) is 8.01. The Morgan fingerprint density at radius 3 is 2.24 bits per heavy atom. The van der Waals surface area contributed by atoms with Crippen molar-refractivity contribution in [2.24, 2.45) is 5.92 Å². The smallest absolute Gasteiger partial charge is 0.246 e. The van der Waals surface area contributed by atoms with Gasteiger partial charge in [0.05, 0.1) is 5.92 Å². The van der Waals surface area contributed by atoms with Crippen molar-refractivity contribution in [3.05, 3.63) is 107 Å². The first-order valence-corrected chi connectivity index (χ1v) is 14.1. The topological polar surface area (TPSA) is 52.7 Å². The average molecular weight is 562 g/mol. The molecule has 3 aromatic carbocycles. The first-order valence-electron chi connectivity index (χ1n) is 14.1. The summed E-state index contributed by atoms with van der Waals surface area (Å²) in [6.45, 7) is 3.72. The molecule has 0 saturated carbocycles. The number of piperidine rings is 2. The molecule has 2 heterocycles. The third kappa shape index (κ3) is 7.44. The van der Waals surface area contributed by atoms with E-state index in [9.17, 15) is 22.8 Å². The van der Waals surface area contributed by atoms with Crippen LogP contribution in [0.1, 0.15) is 48.3 Å². The van der Waals surface area contributed by atoms with Gasteiger partial charge in [-0.2, -0.15) is 0 Å². The van der Waals surface area contributed by atoms with Gasteiger partial charge in [-0.15, -0.1) is 0 Å². The number of likely N-dealkylation sites (tertiary alicyclic amines) is 2. The lowest BCUT2D eigenvalue weighted by Crippen LogP contribution is -2.40. The number of anilines is 1. The number of hydrogen-bond donors (Lipinski definition) is 1. The highest BCUT2D eigenvalue weighted by molar-refractivity contribution is 5.93. The van der Waals surface area contributed by atoms with Crippen LogP contribution in [-0.2, 0) is 16.1 Å². The molecule has 0 radical (unpaired) electrons. The molecular weight excluding hydrogens is 527 g/mol. The minimum Gasteiger partial charge on any atom is -0.339 e. The second kappa shape index (κ2) is 13.2. The molecule has 5 nitrogen and oxygen atoms in total. The maximum absolute atomic E-state index is 13.4. The average Bonchev–Trinajstić information content (AvgIpc) is 2.99. The summed E-state index contributed by atoms with van der Waals surface area (Å²) in [4.78, 5) is 29.6.